The van der Waals surface area contributed by atoms with Crippen molar-refractivity contribution in [3.63, 3.8) is 0 Å². The van der Waals surface area contributed by atoms with Crippen molar-refractivity contribution in [2.24, 2.45) is 0 Å². The fourth-order valence-electron chi connectivity index (χ4n) is 2.48. The summed E-state index contributed by atoms with van der Waals surface area (Å²) in [5.74, 6) is 1.92. The molecule has 1 aromatic heterocycles. The molecule has 0 aliphatic carbocycles. The van der Waals surface area contributed by atoms with E-state index in [0.29, 0.717) is 0 Å². The average Bonchev–Trinajstić information content (AvgIpc) is 2.92. The van der Waals surface area contributed by atoms with Crippen LogP contribution in [0.3, 0.4) is 0 Å². The van der Waals surface area contributed by atoms with Gasteiger partial charge in [-0.15, -0.1) is 5.10 Å². The molecule has 0 aromatic carbocycles. The third-order valence-corrected chi connectivity index (χ3v) is 3.69. The number of unbranched alkanes of at least 4 members (excludes halogenated alkanes) is 5. The van der Waals surface area contributed by atoms with Crippen LogP contribution in [-0.4, -0.2) is 41.4 Å². The summed E-state index contributed by atoms with van der Waals surface area (Å²) in [4.78, 5) is 6.85. The number of hydrogen-bond acceptors (Lipinski definition) is 4. The van der Waals surface area contributed by atoms with Gasteiger partial charge < -0.3 is 10.2 Å². The van der Waals surface area contributed by atoms with Crippen molar-refractivity contribution in [3.05, 3.63) is 5.82 Å². The van der Waals surface area contributed by atoms with E-state index in [2.05, 4.69) is 32.3 Å². The number of H-pyrrole nitrogens is 1. The lowest BCUT2D eigenvalue weighted by Gasteiger charge is -2.25. The fourth-order valence-corrected chi connectivity index (χ4v) is 2.48. The van der Waals surface area contributed by atoms with Gasteiger partial charge >= 0.3 is 0 Å². The number of rotatable bonds is 8. The highest BCUT2D eigenvalue weighted by Crippen LogP contribution is 2.11. The Morgan fingerprint density at radius 1 is 1.05 bits per heavy atom. The van der Waals surface area contributed by atoms with E-state index in [1.54, 1.807) is 0 Å². The van der Waals surface area contributed by atoms with Crippen molar-refractivity contribution in [2.45, 2.75) is 51.9 Å². The molecule has 0 spiro atoms. The largest absolute Gasteiger partial charge is 0.337 e. The van der Waals surface area contributed by atoms with Crippen molar-refractivity contribution >= 4 is 5.95 Å². The molecular formula is C14H27N5. The normalized spacial score (nSPS) is 15.9. The quantitative estimate of drug-likeness (QED) is 0.707. The van der Waals surface area contributed by atoms with Crippen molar-refractivity contribution in [2.75, 3.05) is 31.1 Å². The van der Waals surface area contributed by atoms with Crippen LogP contribution >= 0.6 is 0 Å². The van der Waals surface area contributed by atoms with Crippen LogP contribution < -0.4 is 10.2 Å². The first-order valence-corrected chi connectivity index (χ1v) is 7.77. The van der Waals surface area contributed by atoms with E-state index in [4.69, 9.17) is 0 Å². The number of aromatic nitrogens is 3. The van der Waals surface area contributed by atoms with Crippen molar-refractivity contribution in [3.8, 4) is 0 Å². The Bertz CT molecular complexity index is 343. The highest BCUT2D eigenvalue weighted by molar-refractivity contribution is 5.29. The molecule has 0 amide bonds. The van der Waals surface area contributed by atoms with Crippen LogP contribution in [0, 0.1) is 0 Å². The van der Waals surface area contributed by atoms with E-state index in [9.17, 15) is 0 Å². The van der Waals surface area contributed by atoms with Gasteiger partial charge in [0.2, 0.25) is 5.95 Å². The molecule has 19 heavy (non-hydrogen) atoms. The monoisotopic (exact) mass is 265 g/mol. The molecule has 1 aliphatic rings. The molecule has 1 aromatic rings. The highest BCUT2D eigenvalue weighted by Gasteiger charge is 2.14. The lowest BCUT2D eigenvalue weighted by Crippen LogP contribution is -2.44. The van der Waals surface area contributed by atoms with Gasteiger partial charge in [-0.05, 0) is 6.42 Å². The second-order valence-corrected chi connectivity index (χ2v) is 5.34. The smallest absolute Gasteiger partial charge is 0.244 e. The zero-order valence-electron chi connectivity index (χ0n) is 12.1. The predicted octanol–water partition coefficient (Wildman–Crippen LogP) is 2.12. The standard InChI is InChI=1S/C14H27N5/c1-2-3-4-5-6-7-8-13-16-14(18-17-13)19-11-9-15-10-12-19/h15H,2-12H2,1H3,(H,16,17,18). The number of hydrogen-bond donors (Lipinski definition) is 2. The van der Waals surface area contributed by atoms with Gasteiger partial charge in [0.05, 0.1) is 0 Å². The molecule has 1 aliphatic heterocycles. The van der Waals surface area contributed by atoms with Crippen molar-refractivity contribution in [1.29, 1.82) is 0 Å². The molecule has 1 fully saturated rings. The molecule has 108 valence electrons. The third-order valence-electron chi connectivity index (χ3n) is 3.69. The first-order valence-electron chi connectivity index (χ1n) is 7.77. The topological polar surface area (TPSA) is 56.8 Å². The molecule has 2 N–H and O–H groups in total. The number of aromatic amines is 1. The van der Waals surface area contributed by atoms with Gasteiger partial charge in [0.15, 0.2) is 0 Å². The first-order chi connectivity index (χ1) is 9.40. The van der Waals surface area contributed by atoms with Crippen LogP contribution in [0.25, 0.3) is 0 Å². The number of anilines is 1. The Labute approximate surface area is 116 Å². The number of piperazine rings is 1. The molecule has 2 heterocycles. The molecule has 0 radical (unpaired) electrons. The molecule has 2 rings (SSSR count). The highest BCUT2D eigenvalue weighted by atomic mass is 15.4. The lowest BCUT2D eigenvalue weighted by atomic mass is 10.1. The molecule has 5 nitrogen and oxygen atoms in total. The van der Waals surface area contributed by atoms with Crippen molar-refractivity contribution in [1.82, 2.24) is 20.5 Å². The van der Waals surface area contributed by atoms with Gasteiger partial charge in [0, 0.05) is 32.6 Å². The number of aryl methyl sites for hydroxylation is 1. The minimum absolute atomic E-state index is 0.877. The van der Waals surface area contributed by atoms with Gasteiger partial charge in [-0.25, -0.2) is 0 Å². The summed E-state index contributed by atoms with van der Waals surface area (Å²) in [7, 11) is 0. The predicted molar refractivity (Wildman–Crippen MR) is 78.5 cm³/mol. The minimum atomic E-state index is 0.877. The molecule has 0 atom stereocenters. The summed E-state index contributed by atoms with van der Waals surface area (Å²) < 4.78 is 0. The molecule has 0 saturated carbocycles. The SMILES string of the molecule is CCCCCCCCc1nc(N2CCNCC2)n[nH]1. The van der Waals surface area contributed by atoms with E-state index in [1.165, 1.54) is 38.5 Å². The Hall–Kier alpha value is -1.10. The second kappa shape index (κ2) is 8.15. The first kappa shape index (κ1) is 14.3. The number of nitrogens with one attached hydrogen (secondary N) is 2. The van der Waals surface area contributed by atoms with Gasteiger partial charge in [0.1, 0.15) is 5.82 Å². The van der Waals surface area contributed by atoms with Crippen LogP contribution in [0.5, 0.6) is 0 Å². The van der Waals surface area contributed by atoms with Crippen LogP contribution in [0.2, 0.25) is 0 Å². The van der Waals surface area contributed by atoms with E-state index >= 15 is 0 Å². The summed E-state index contributed by atoms with van der Waals surface area (Å²) in [6.07, 6.45) is 8.98. The maximum Gasteiger partial charge on any atom is 0.244 e. The Kier molecular flexibility index (Phi) is 6.14. The van der Waals surface area contributed by atoms with Crippen molar-refractivity contribution < 1.29 is 0 Å². The summed E-state index contributed by atoms with van der Waals surface area (Å²) in [6, 6.07) is 0. The zero-order valence-corrected chi connectivity index (χ0v) is 12.1. The molecule has 1 saturated heterocycles. The minimum Gasteiger partial charge on any atom is -0.337 e. The van der Waals surface area contributed by atoms with E-state index in [-0.39, 0.29) is 0 Å². The fraction of sp³-hybridized carbons (Fsp3) is 0.857. The van der Waals surface area contributed by atoms with Gasteiger partial charge in [-0.2, -0.15) is 4.98 Å². The van der Waals surface area contributed by atoms with E-state index < -0.39 is 0 Å². The summed E-state index contributed by atoms with van der Waals surface area (Å²) in [5.41, 5.74) is 0. The summed E-state index contributed by atoms with van der Waals surface area (Å²) >= 11 is 0. The van der Waals surface area contributed by atoms with Gasteiger partial charge in [0.25, 0.3) is 0 Å². The average molecular weight is 265 g/mol. The zero-order chi connectivity index (χ0) is 13.3. The van der Waals surface area contributed by atoms with E-state index in [1.807, 2.05) is 0 Å². The van der Waals surface area contributed by atoms with Crippen LogP contribution in [0.15, 0.2) is 0 Å². The van der Waals surface area contributed by atoms with Gasteiger partial charge in [-0.1, -0.05) is 39.0 Å². The van der Waals surface area contributed by atoms with E-state index in [0.717, 1.165) is 44.4 Å². The molecule has 0 unspecified atom stereocenters. The third kappa shape index (κ3) is 4.82. The van der Waals surface area contributed by atoms with Crippen LogP contribution in [0.1, 0.15) is 51.3 Å². The Balaban J connectivity index is 1.66. The lowest BCUT2D eigenvalue weighted by molar-refractivity contribution is 0.580. The maximum atomic E-state index is 4.60. The van der Waals surface area contributed by atoms with Crippen LogP contribution in [0.4, 0.5) is 5.95 Å². The summed E-state index contributed by atoms with van der Waals surface area (Å²) in [5, 5.41) is 10.8. The Morgan fingerprint density at radius 3 is 2.58 bits per heavy atom. The molecule has 0 bridgehead atoms. The second-order valence-electron chi connectivity index (χ2n) is 5.34. The summed E-state index contributed by atoms with van der Waals surface area (Å²) in [6.45, 7) is 6.33. The maximum absolute atomic E-state index is 4.60. The molecule has 5 heteroatoms. The number of nitrogens with zero attached hydrogens (tertiary/aromatic N) is 3. The van der Waals surface area contributed by atoms with Crippen LogP contribution in [-0.2, 0) is 6.42 Å². The Morgan fingerprint density at radius 2 is 1.79 bits per heavy atom. The molecular weight excluding hydrogens is 238 g/mol. The van der Waals surface area contributed by atoms with Gasteiger partial charge in [-0.3, -0.25) is 5.10 Å².